The van der Waals surface area contributed by atoms with Crippen LogP contribution in [0.25, 0.3) is 104 Å². The molecule has 0 atom stereocenters. The topological polar surface area (TPSA) is 43.6 Å². The van der Waals surface area contributed by atoms with Gasteiger partial charge in [-0.05, 0) is 81.9 Å². The van der Waals surface area contributed by atoms with Gasteiger partial charge in [0.05, 0.1) is 11.0 Å². The Balaban J connectivity index is 1.01. The summed E-state index contributed by atoms with van der Waals surface area (Å²) in [6.45, 7) is 4.70. The first-order chi connectivity index (χ1) is 29.0. The number of fused-ring (bicyclic) bond motifs is 9. The maximum absolute atomic E-state index is 5.12. The molecule has 3 heterocycles. The van der Waals surface area contributed by atoms with E-state index >= 15 is 0 Å². The van der Waals surface area contributed by atoms with Crippen molar-refractivity contribution in [3.05, 3.63) is 193 Å². The van der Waals surface area contributed by atoms with Crippen molar-refractivity contribution in [1.29, 1.82) is 0 Å². The second-order valence-corrected chi connectivity index (χ2v) is 17.1. The lowest BCUT2D eigenvalue weighted by Crippen LogP contribution is -2.15. The first-order valence-corrected chi connectivity index (χ1v) is 20.9. The minimum absolute atomic E-state index is 0.0733. The van der Waals surface area contributed by atoms with Crippen molar-refractivity contribution in [1.82, 2.24) is 19.5 Å². The van der Waals surface area contributed by atoms with E-state index in [4.69, 9.17) is 15.0 Å². The fraction of sp³-hybridized carbons (Fsp3) is 0.0556. The van der Waals surface area contributed by atoms with E-state index in [9.17, 15) is 0 Å². The third kappa shape index (κ3) is 5.25. The van der Waals surface area contributed by atoms with Crippen molar-refractivity contribution >= 4 is 53.3 Å². The summed E-state index contributed by atoms with van der Waals surface area (Å²) in [5, 5.41) is 4.85. The summed E-state index contributed by atoms with van der Waals surface area (Å²) in [6.07, 6.45) is 0. The lowest BCUT2D eigenvalue weighted by Gasteiger charge is -2.22. The van der Waals surface area contributed by atoms with E-state index in [1.807, 2.05) is 47.7 Å². The average Bonchev–Trinajstić information content (AvgIpc) is 3.91. The molecule has 0 bridgehead atoms. The molecule has 4 nitrogen and oxygen atoms in total. The molecule has 5 heteroatoms. The number of para-hydroxylation sites is 1. The van der Waals surface area contributed by atoms with Gasteiger partial charge in [0, 0.05) is 58.7 Å². The van der Waals surface area contributed by atoms with Crippen molar-refractivity contribution < 1.29 is 0 Å². The fourth-order valence-electron chi connectivity index (χ4n) is 9.38. The normalized spacial score (nSPS) is 13.1. The Morgan fingerprint density at radius 1 is 0.407 bits per heavy atom. The zero-order valence-corrected chi connectivity index (χ0v) is 33.3. The van der Waals surface area contributed by atoms with Crippen LogP contribution in [-0.4, -0.2) is 19.5 Å². The van der Waals surface area contributed by atoms with E-state index in [2.05, 4.69) is 164 Å². The largest absolute Gasteiger partial charge is 0.309 e. The number of rotatable bonds is 5. The molecule has 278 valence electrons. The summed E-state index contributed by atoms with van der Waals surface area (Å²) < 4.78 is 4.88. The Bertz CT molecular complexity index is 3410. The molecule has 3 aromatic heterocycles. The molecule has 12 rings (SSSR count). The highest BCUT2D eigenvalue weighted by atomic mass is 32.1. The first kappa shape index (κ1) is 33.9. The quantitative estimate of drug-likeness (QED) is 0.175. The third-order valence-corrected chi connectivity index (χ3v) is 13.4. The average molecular weight is 773 g/mol. The SMILES string of the molecule is CC1(C)c2ccccc2-c2ccc(-n3c4ccccc4c4cc(-c5ccc6sc7cccc(-c8nc(-c9ccccc9)nc(-c9ccccc9)n8)c7c6c5)ccc43)cc21. The van der Waals surface area contributed by atoms with Gasteiger partial charge < -0.3 is 4.57 Å². The zero-order chi connectivity index (χ0) is 39.2. The van der Waals surface area contributed by atoms with Gasteiger partial charge >= 0.3 is 0 Å². The molecule has 0 amide bonds. The maximum Gasteiger partial charge on any atom is 0.164 e. The smallest absolute Gasteiger partial charge is 0.164 e. The third-order valence-electron chi connectivity index (χ3n) is 12.3. The summed E-state index contributed by atoms with van der Waals surface area (Å²) in [5.41, 5.74) is 14.2. The van der Waals surface area contributed by atoms with E-state index in [-0.39, 0.29) is 5.41 Å². The number of hydrogen-bond donors (Lipinski definition) is 0. The summed E-state index contributed by atoms with van der Waals surface area (Å²) in [5.74, 6) is 1.99. The van der Waals surface area contributed by atoms with Crippen LogP contribution in [0.3, 0.4) is 0 Å². The van der Waals surface area contributed by atoms with Crippen LogP contribution >= 0.6 is 11.3 Å². The predicted octanol–water partition coefficient (Wildman–Crippen LogP) is 14.3. The van der Waals surface area contributed by atoms with Gasteiger partial charge in [0.15, 0.2) is 17.5 Å². The molecule has 0 unspecified atom stereocenters. The van der Waals surface area contributed by atoms with Crippen molar-refractivity contribution in [2.24, 2.45) is 0 Å². The molecular formula is C54H36N4S. The highest BCUT2D eigenvalue weighted by Gasteiger charge is 2.35. The van der Waals surface area contributed by atoms with Gasteiger partial charge in [-0.2, -0.15) is 0 Å². The van der Waals surface area contributed by atoms with Crippen LogP contribution in [0, 0.1) is 0 Å². The molecule has 0 aliphatic heterocycles. The highest BCUT2D eigenvalue weighted by Crippen LogP contribution is 2.50. The van der Waals surface area contributed by atoms with E-state index in [0.717, 1.165) is 22.1 Å². The van der Waals surface area contributed by atoms with Crippen molar-refractivity contribution in [2.45, 2.75) is 19.3 Å². The van der Waals surface area contributed by atoms with Gasteiger partial charge in [-0.3, -0.25) is 0 Å². The molecule has 0 saturated carbocycles. The van der Waals surface area contributed by atoms with Crippen LogP contribution in [0.15, 0.2) is 182 Å². The molecule has 0 fully saturated rings. The lowest BCUT2D eigenvalue weighted by molar-refractivity contribution is 0.660. The second-order valence-electron chi connectivity index (χ2n) is 16.0. The molecule has 0 saturated heterocycles. The van der Waals surface area contributed by atoms with Gasteiger partial charge in [-0.1, -0.05) is 147 Å². The van der Waals surface area contributed by atoms with Gasteiger partial charge in [-0.25, -0.2) is 15.0 Å². The Labute approximate surface area is 345 Å². The second kappa shape index (κ2) is 12.9. The Kier molecular flexibility index (Phi) is 7.41. The summed E-state index contributed by atoms with van der Waals surface area (Å²) in [7, 11) is 0. The van der Waals surface area contributed by atoms with Crippen LogP contribution < -0.4 is 0 Å². The molecular weight excluding hydrogens is 737 g/mol. The van der Waals surface area contributed by atoms with Gasteiger partial charge in [-0.15, -0.1) is 11.3 Å². The van der Waals surface area contributed by atoms with Gasteiger partial charge in [0.2, 0.25) is 0 Å². The van der Waals surface area contributed by atoms with Crippen molar-refractivity contribution in [3.63, 3.8) is 0 Å². The highest BCUT2D eigenvalue weighted by molar-refractivity contribution is 7.26. The van der Waals surface area contributed by atoms with E-state index in [1.165, 1.54) is 75.7 Å². The van der Waals surface area contributed by atoms with Crippen LogP contribution in [0.5, 0.6) is 0 Å². The van der Waals surface area contributed by atoms with E-state index in [0.29, 0.717) is 17.5 Å². The minimum Gasteiger partial charge on any atom is -0.309 e. The van der Waals surface area contributed by atoms with Crippen molar-refractivity contribution in [2.75, 3.05) is 0 Å². The zero-order valence-electron chi connectivity index (χ0n) is 32.5. The standard InChI is InChI=1S/C54H36N4S/c1-54(2)44-21-11-9-18-38(44)39-27-26-37(32-45(39)54)58-46-22-12-10-19-40(46)42-30-35(24-28-47(42)58)36-25-29-48-43(31-36)50-41(20-13-23-49(50)59-48)53-56-51(33-14-5-3-6-15-33)55-52(57-53)34-16-7-4-8-17-34/h3-32H,1-2H3. The van der Waals surface area contributed by atoms with E-state index < -0.39 is 0 Å². The van der Waals surface area contributed by atoms with Crippen molar-refractivity contribution in [3.8, 4) is 62.1 Å². The van der Waals surface area contributed by atoms with Gasteiger partial charge in [0.1, 0.15) is 0 Å². The predicted molar refractivity (Wildman–Crippen MR) is 246 cm³/mol. The number of benzene rings is 8. The Morgan fingerprint density at radius 3 is 1.80 bits per heavy atom. The van der Waals surface area contributed by atoms with Gasteiger partial charge in [0.25, 0.3) is 0 Å². The number of nitrogens with zero attached hydrogens (tertiary/aromatic N) is 4. The number of thiophene rings is 1. The number of hydrogen-bond acceptors (Lipinski definition) is 4. The summed E-state index contributed by atoms with van der Waals surface area (Å²) in [6, 6.07) is 65.4. The summed E-state index contributed by atoms with van der Waals surface area (Å²) >= 11 is 1.81. The molecule has 1 aliphatic carbocycles. The maximum atomic E-state index is 5.12. The Hall–Kier alpha value is -7.21. The minimum atomic E-state index is -0.0733. The summed E-state index contributed by atoms with van der Waals surface area (Å²) in [4.78, 5) is 15.2. The molecule has 0 spiro atoms. The molecule has 8 aromatic carbocycles. The van der Waals surface area contributed by atoms with E-state index in [1.54, 1.807) is 0 Å². The molecule has 59 heavy (non-hydrogen) atoms. The molecule has 0 radical (unpaired) electrons. The Morgan fingerprint density at radius 2 is 1.02 bits per heavy atom. The fourth-order valence-corrected chi connectivity index (χ4v) is 10.5. The van der Waals surface area contributed by atoms with Crippen LogP contribution in [0.4, 0.5) is 0 Å². The molecule has 0 N–H and O–H groups in total. The van der Waals surface area contributed by atoms with Crippen LogP contribution in [0.2, 0.25) is 0 Å². The monoisotopic (exact) mass is 772 g/mol. The van der Waals surface area contributed by atoms with Crippen LogP contribution in [-0.2, 0) is 5.41 Å². The molecule has 11 aromatic rings. The first-order valence-electron chi connectivity index (χ1n) is 20.1. The van der Waals surface area contributed by atoms with Crippen LogP contribution in [0.1, 0.15) is 25.0 Å². The molecule has 1 aliphatic rings. The number of aromatic nitrogens is 4. The lowest BCUT2D eigenvalue weighted by atomic mass is 9.82.